The van der Waals surface area contributed by atoms with Crippen molar-refractivity contribution in [1.29, 1.82) is 5.26 Å². The van der Waals surface area contributed by atoms with Crippen LogP contribution in [-0.2, 0) is 0 Å². The summed E-state index contributed by atoms with van der Waals surface area (Å²) in [5, 5.41) is 14.9. The standard InChI is InChI=1S/C23H29N5O/c1-2-25-22(27-18-24)28-15-13-23(14-16-28,20-11-7-4-8-12-20)17-26-21(29)19-9-5-3-6-10-19/h3-7,9-11H,2,8,12-17H2,1H3,(H,25,27)(H,26,29). The zero-order valence-electron chi connectivity index (χ0n) is 17.0. The van der Waals surface area contributed by atoms with Crippen molar-refractivity contribution >= 4 is 11.9 Å². The Morgan fingerprint density at radius 3 is 2.66 bits per heavy atom. The first-order valence-electron chi connectivity index (χ1n) is 10.3. The highest BCUT2D eigenvalue weighted by molar-refractivity contribution is 5.94. The zero-order chi connectivity index (χ0) is 20.5. The van der Waals surface area contributed by atoms with Gasteiger partial charge in [0.25, 0.3) is 5.91 Å². The molecule has 1 fully saturated rings. The van der Waals surface area contributed by atoms with E-state index in [9.17, 15) is 4.79 Å². The predicted octanol–water partition coefficient (Wildman–Crippen LogP) is 3.22. The number of amides is 1. The van der Waals surface area contributed by atoms with Gasteiger partial charge < -0.3 is 10.2 Å². The summed E-state index contributed by atoms with van der Waals surface area (Å²) in [6.07, 6.45) is 12.4. The van der Waals surface area contributed by atoms with E-state index in [-0.39, 0.29) is 11.3 Å². The van der Waals surface area contributed by atoms with E-state index in [0.717, 1.165) is 38.8 Å². The number of benzene rings is 1. The number of rotatable bonds is 5. The van der Waals surface area contributed by atoms with Gasteiger partial charge in [-0.2, -0.15) is 5.26 Å². The topological polar surface area (TPSA) is 80.5 Å². The van der Waals surface area contributed by atoms with Crippen molar-refractivity contribution in [3.63, 3.8) is 0 Å². The lowest BCUT2D eigenvalue weighted by atomic mass is 9.69. The molecule has 3 rings (SSSR count). The van der Waals surface area contributed by atoms with Crippen molar-refractivity contribution in [2.75, 3.05) is 26.2 Å². The van der Waals surface area contributed by atoms with Crippen LogP contribution in [0.5, 0.6) is 0 Å². The number of hydrogen-bond donors (Lipinski definition) is 2. The summed E-state index contributed by atoms with van der Waals surface area (Å²) in [6.45, 7) is 4.83. The molecule has 2 N–H and O–H groups in total. The first-order chi connectivity index (χ1) is 14.2. The van der Waals surface area contributed by atoms with Gasteiger partial charge >= 0.3 is 0 Å². The summed E-state index contributed by atoms with van der Waals surface area (Å²) in [5.41, 5.74) is 2.04. The number of hydrogen-bond acceptors (Lipinski definition) is 3. The molecule has 1 saturated heterocycles. The van der Waals surface area contributed by atoms with Gasteiger partial charge in [0.1, 0.15) is 0 Å². The second-order valence-electron chi connectivity index (χ2n) is 7.51. The molecule has 152 valence electrons. The molecule has 1 aromatic rings. The minimum Gasteiger partial charge on any atom is -0.351 e. The van der Waals surface area contributed by atoms with Gasteiger partial charge in [0.05, 0.1) is 0 Å². The van der Waals surface area contributed by atoms with E-state index in [1.807, 2.05) is 43.4 Å². The summed E-state index contributed by atoms with van der Waals surface area (Å²) in [6, 6.07) is 9.36. The van der Waals surface area contributed by atoms with Crippen LogP contribution in [-0.4, -0.2) is 42.9 Å². The Morgan fingerprint density at radius 2 is 2.03 bits per heavy atom. The van der Waals surface area contributed by atoms with Crippen molar-refractivity contribution < 1.29 is 4.79 Å². The molecular weight excluding hydrogens is 362 g/mol. The molecule has 1 heterocycles. The number of guanidine groups is 1. The van der Waals surface area contributed by atoms with E-state index in [1.165, 1.54) is 5.57 Å². The van der Waals surface area contributed by atoms with Crippen LogP contribution in [0.3, 0.4) is 0 Å². The van der Waals surface area contributed by atoms with E-state index in [1.54, 1.807) is 0 Å². The normalized spacial score (nSPS) is 18.6. The number of likely N-dealkylation sites (tertiary alicyclic amines) is 1. The van der Waals surface area contributed by atoms with Crippen LogP contribution in [0.25, 0.3) is 0 Å². The fourth-order valence-electron chi connectivity index (χ4n) is 4.16. The first kappa shape index (κ1) is 20.7. The SMILES string of the molecule is CCN=C(NC#N)N1CCC(CNC(=O)c2ccccc2)(C2=CC=CCC2)CC1. The highest BCUT2D eigenvalue weighted by Crippen LogP contribution is 2.41. The van der Waals surface area contributed by atoms with Crippen LogP contribution in [0.2, 0.25) is 0 Å². The van der Waals surface area contributed by atoms with Gasteiger partial charge in [0.15, 0.2) is 6.19 Å². The molecule has 1 aliphatic carbocycles. The minimum absolute atomic E-state index is 0.0289. The molecule has 0 aromatic heterocycles. The van der Waals surface area contributed by atoms with Crippen LogP contribution in [0.15, 0.2) is 59.1 Å². The number of nitrogens with one attached hydrogen (secondary N) is 2. The minimum atomic E-state index is -0.0599. The summed E-state index contributed by atoms with van der Waals surface area (Å²) < 4.78 is 0. The lowest BCUT2D eigenvalue weighted by Crippen LogP contribution is -2.51. The Hall–Kier alpha value is -3.07. The number of nitrogens with zero attached hydrogens (tertiary/aromatic N) is 3. The van der Waals surface area contributed by atoms with Crippen molar-refractivity contribution in [1.82, 2.24) is 15.5 Å². The summed E-state index contributed by atoms with van der Waals surface area (Å²) in [5.74, 6) is 0.619. The molecule has 0 unspecified atom stereocenters. The van der Waals surface area contributed by atoms with Crippen molar-refractivity contribution in [2.24, 2.45) is 10.4 Å². The van der Waals surface area contributed by atoms with Crippen LogP contribution in [0.1, 0.15) is 43.0 Å². The number of piperidine rings is 1. The fourth-order valence-corrected chi connectivity index (χ4v) is 4.16. The maximum atomic E-state index is 12.6. The van der Waals surface area contributed by atoms with Gasteiger partial charge in [-0.25, -0.2) is 0 Å². The molecule has 0 radical (unpaired) electrons. The van der Waals surface area contributed by atoms with Crippen molar-refractivity contribution in [3.05, 3.63) is 59.7 Å². The fraction of sp³-hybridized carbons (Fsp3) is 0.435. The molecule has 6 nitrogen and oxygen atoms in total. The predicted molar refractivity (Wildman–Crippen MR) is 115 cm³/mol. The Bertz CT molecular complexity index is 827. The Balaban J connectivity index is 1.73. The molecule has 1 aliphatic heterocycles. The lowest BCUT2D eigenvalue weighted by Gasteiger charge is -2.44. The quantitative estimate of drug-likeness (QED) is 0.350. The number of carbonyl (C=O) groups excluding carboxylic acids is 1. The van der Waals surface area contributed by atoms with Gasteiger partial charge in [-0.3, -0.25) is 15.1 Å². The Labute approximate surface area is 173 Å². The highest BCUT2D eigenvalue weighted by Gasteiger charge is 2.38. The van der Waals surface area contributed by atoms with Gasteiger partial charge in [-0.15, -0.1) is 0 Å². The zero-order valence-corrected chi connectivity index (χ0v) is 17.0. The van der Waals surface area contributed by atoms with E-state index in [0.29, 0.717) is 24.6 Å². The number of aliphatic imine (C=N–C) groups is 1. The third-order valence-electron chi connectivity index (χ3n) is 5.81. The first-order valence-corrected chi connectivity index (χ1v) is 10.3. The van der Waals surface area contributed by atoms with Crippen molar-refractivity contribution in [2.45, 2.75) is 32.6 Å². The molecule has 2 aliphatic rings. The van der Waals surface area contributed by atoms with Gasteiger partial charge in [0, 0.05) is 37.2 Å². The van der Waals surface area contributed by atoms with Gasteiger partial charge in [-0.05, 0) is 44.7 Å². The van der Waals surface area contributed by atoms with Crippen LogP contribution in [0.4, 0.5) is 0 Å². The van der Waals surface area contributed by atoms with Gasteiger partial charge in [-0.1, -0.05) is 42.0 Å². The van der Waals surface area contributed by atoms with E-state index in [4.69, 9.17) is 5.26 Å². The monoisotopic (exact) mass is 391 g/mol. The summed E-state index contributed by atoms with van der Waals surface area (Å²) >= 11 is 0. The highest BCUT2D eigenvalue weighted by atomic mass is 16.1. The van der Waals surface area contributed by atoms with Crippen LogP contribution >= 0.6 is 0 Å². The van der Waals surface area contributed by atoms with E-state index < -0.39 is 0 Å². The molecule has 0 spiro atoms. The van der Waals surface area contributed by atoms with Gasteiger partial charge in [0.2, 0.25) is 5.96 Å². The summed E-state index contributed by atoms with van der Waals surface area (Å²) in [7, 11) is 0. The third kappa shape index (κ3) is 5.05. The van der Waals surface area contributed by atoms with E-state index in [2.05, 4.69) is 38.8 Å². The number of nitriles is 1. The average molecular weight is 392 g/mol. The van der Waals surface area contributed by atoms with E-state index >= 15 is 0 Å². The second kappa shape index (κ2) is 9.92. The maximum Gasteiger partial charge on any atom is 0.251 e. The maximum absolute atomic E-state index is 12.6. The molecular formula is C23H29N5O. The number of allylic oxidation sites excluding steroid dienone is 3. The van der Waals surface area contributed by atoms with Crippen LogP contribution < -0.4 is 10.6 Å². The molecule has 1 aromatic carbocycles. The molecule has 0 atom stereocenters. The van der Waals surface area contributed by atoms with Crippen molar-refractivity contribution in [3.8, 4) is 6.19 Å². The molecule has 6 heteroatoms. The molecule has 0 bridgehead atoms. The molecule has 0 saturated carbocycles. The molecule has 1 amide bonds. The molecule has 29 heavy (non-hydrogen) atoms. The van der Waals surface area contributed by atoms with Crippen LogP contribution in [0, 0.1) is 16.9 Å². The average Bonchev–Trinajstić information content (AvgIpc) is 2.79. The summed E-state index contributed by atoms with van der Waals surface area (Å²) in [4.78, 5) is 19.2. The third-order valence-corrected chi connectivity index (χ3v) is 5.81. The lowest BCUT2D eigenvalue weighted by molar-refractivity contribution is 0.0915. The smallest absolute Gasteiger partial charge is 0.251 e. The second-order valence-corrected chi connectivity index (χ2v) is 7.51. The largest absolute Gasteiger partial charge is 0.351 e. The number of carbonyl (C=O) groups is 1. The Morgan fingerprint density at radius 1 is 1.28 bits per heavy atom. The Kier molecular flexibility index (Phi) is 7.07.